The molecule has 1 fully saturated rings. The number of ketones is 2. The number of rotatable bonds is 3. The van der Waals surface area contributed by atoms with Crippen molar-refractivity contribution in [2.45, 2.75) is 18.4 Å². The summed E-state index contributed by atoms with van der Waals surface area (Å²) in [5, 5.41) is 3.31. The van der Waals surface area contributed by atoms with Crippen LogP contribution in [-0.4, -0.2) is 30.6 Å². The highest BCUT2D eigenvalue weighted by Crippen LogP contribution is 2.37. The largest absolute Gasteiger partial charge is 0.450 e. The Morgan fingerprint density at radius 2 is 1.35 bits per heavy atom. The second-order valence-corrected chi connectivity index (χ2v) is 7.93. The van der Waals surface area contributed by atoms with Crippen LogP contribution < -0.4 is 5.32 Å². The van der Waals surface area contributed by atoms with Gasteiger partial charge in [0.15, 0.2) is 11.6 Å². The SMILES string of the molecule is O=C(OC1(c2ccccc2)CCNCC1)c1cccc2c1C(=O)c1ccccc1C2=O. The van der Waals surface area contributed by atoms with Gasteiger partial charge >= 0.3 is 5.97 Å². The molecule has 1 saturated heterocycles. The Hall–Kier alpha value is -3.57. The molecule has 3 aromatic carbocycles. The van der Waals surface area contributed by atoms with E-state index < -0.39 is 11.6 Å². The molecular formula is C26H21NO4. The summed E-state index contributed by atoms with van der Waals surface area (Å²) < 4.78 is 6.15. The Bertz CT molecular complexity index is 1190. The van der Waals surface area contributed by atoms with Crippen LogP contribution in [0.1, 0.15) is 60.6 Å². The highest BCUT2D eigenvalue weighted by Gasteiger charge is 2.40. The zero-order valence-corrected chi connectivity index (χ0v) is 16.9. The minimum Gasteiger partial charge on any atom is -0.450 e. The molecule has 0 spiro atoms. The molecule has 5 nitrogen and oxygen atoms in total. The van der Waals surface area contributed by atoms with E-state index >= 15 is 0 Å². The quantitative estimate of drug-likeness (QED) is 0.518. The zero-order chi connectivity index (χ0) is 21.4. The minimum atomic E-state index is -0.772. The first-order valence-corrected chi connectivity index (χ1v) is 10.4. The monoisotopic (exact) mass is 411 g/mol. The number of carbonyl (C=O) groups is 3. The van der Waals surface area contributed by atoms with Crippen LogP contribution in [0.5, 0.6) is 0 Å². The highest BCUT2D eigenvalue weighted by atomic mass is 16.6. The van der Waals surface area contributed by atoms with E-state index in [1.807, 2.05) is 30.3 Å². The lowest BCUT2D eigenvalue weighted by atomic mass is 9.81. The van der Waals surface area contributed by atoms with E-state index in [1.165, 1.54) is 0 Å². The van der Waals surface area contributed by atoms with E-state index in [2.05, 4.69) is 5.32 Å². The molecule has 3 aromatic rings. The Morgan fingerprint density at radius 3 is 2.06 bits per heavy atom. The first-order chi connectivity index (χ1) is 15.1. The van der Waals surface area contributed by atoms with Crippen LogP contribution in [0.4, 0.5) is 0 Å². The summed E-state index contributed by atoms with van der Waals surface area (Å²) in [5.74, 6) is -1.15. The van der Waals surface area contributed by atoms with E-state index in [0.29, 0.717) is 24.0 Å². The molecule has 0 aromatic heterocycles. The Balaban J connectivity index is 1.57. The number of ether oxygens (including phenoxy) is 1. The Kier molecular flexibility index (Phi) is 4.75. The molecule has 0 saturated carbocycles. The number of nitrogens with one attached hydrogen (secondary N) is 1. The lowest BCUT2D eigenvalue weighted by Gasteiger charge is -2.37. The number of piperidine rings is 1. The lowest BCUT2D eigenvalue weighted by Crippen LogP contribution is -2.43. The van der Waals surface area contributed by atoms with E-state index in [1.54, 1.807) is 42.5 Å². The lowest BCUT2D eigenvalue weighted by molar-refractivity contribution is -0.0379. The summed E-state index contributed by atoms with van der Waals surface area (Å²) in [5.41, 5.74) is 1.36. The summed E-state index contributed by atoms with van der Waals surface area (Å²) in [7, 11) is 0. The number of carbonyl (C=O) groups excluding carboxylic acids is 3. The van der Waals surface area contributed by atoms with Gasteiger partial charge in [0.25, 0.3) is 0 Å². The molecule has 31 heavy (non-hydrogen) atoms. The molecule has 1 aliphatic carbocycles. The molecule has 0 atom stereocenters. The number of fused-ring (bicyclic) bond motifs is 2. The fraction of sp³-hybridized carbons (Fsp3) is 0.192. The maximum Gasteiger partial charge on any atom is 0.339 e. The van der Waals surface area contributed by atoms with Crippen molar-refractivity contribution in [1.82, 2.24) is 5.32 Å². The van der Waals surface area contributed by atoms with Gasteiger partial charge in [-0.2, -0.15) is 0 Å². The molecule has 1 N–H and O–H groups in total. The number of hydrogen-bond acceptors (Lipinski definition) is 5. The van der Waals surface area contributed by atoms with Gasteiger partial charge in [-0.3, -0.25) is 9.59 Å². The van der Waals surface area contributed by atoms with Crippen LogP contribution in [0, 0.1) is 0 Å². The fourth-order valence-corrected chi connectivity index (χ4v) is 4.57. The molecule has 0 bridgehead atoms. The van der Waals surface area contributed by atoms with Crippen molar-refractivity contribution in [3.63, 3.8) is 0 Å². The Morgan fingerprint density at radius 1 is 0.742 bits per heavy atom. The summed E-state index contributed by atoms with van der Waals surface area (Å²) in [6.45, 7) is 1.44. The summed E-state index contributed by atoms with van der Waals surface area (Å²) in [6, 6.07) is 21.2. The van der Waals surface area contributed by atoms with Crippen LogP contribution in [0.2, 0.25) is 0 Å². The third-order valence-corrected chi connectivity index (χ3v) is 6.17. The normalized spacial score (nSPS) is 16.9. The van der Waals surface area contributed by atoms with Gasteiger partial charge in [0.2, 0.25) is 0 Å². The molecule has 2 aliphatic rings. The maximum atomic E-state index is 13.4. The molecule has 0 amide bonds. The summed E-state index contributed by atoms with van der Waals surface area (Å²) in [4.78, 5) is 39.7. The van der Waals surface area contributed by atoms with E-state index in [0.717, 1.165) is 18.7 Å². The van der Waals surface area contributed by atoms with E-state index in [4.69, 9.17) is 4.74 Å². The van der Waals surface area contributed by atoms with Crippen LogP contribution in [0.3, 0.4) is 0 Å². The number of hydrogen-bond donors (Lipinski definition) is 1. The zero-order valence-electron chi connectivity index (χ0n) is 16.9. The second kappa shape index (κ2) is 7.60. The van der Waals surface area contributed by atoms with Gasteiger partial charge in [0, 0.05) is 35.1 Å². The molecule has 5 heteroatoms. The van der Waals surface area contributed by atoms with Crippen molar-refractivity contribution >= 4 is 17.5 Å². The van der Waals surface area contributed by atoms with E-state index in [9.17, 15) is 14.4 Å². The average molecular weight is 411 g/mol. The molecule has 1 heterocycles. The van der Waals surface area contributed by atoms with Gasteiger partial charge in [-0.15, -0.1) is 0 Å². The van der Waals surface area contributed by atoms with Gasteiger partial charge in [-0.05, 0) is 24.7 Å². The van der Waals surface area contributed by atoms with Crippen molar-refractivity contribution in [3.8, 4) is 0 Å². The van der Waals surface area contributed by atoms with Gasteiger partial charge in [0.05, 0.1) is 5.56 Å². The van der Waals surface area contributed by atoms with Crippen molar-refractivity contribution in [3.05, 3.63) is 106 Å². The maximum absolute atomic E-state index is 13.4. The minimum absolute atomic E-state index is 0.133. The summed E-state index contributed by atoms with van der Waals surface area (Å²) in [6.07, 6.45) is 1.26. The third-order valence-electron chi connectivity index (χ3n) is 6.17. The second-order valence-electron chi connectivity index (χ2n) is 7.93. The van der Waals surface area contributed by atoms with E-state index in [-0.39, 0.29) is 28.3 Å². The van der Waals surface area contributed by atoms with Gasteiger partial charge in [-0.1, -0.05) is 66.7 Å². The third kappa shape index (κ3) is 3.18. The number of benzene rings is 3. The fourth-order valence-electron chi connectivity index (χ4n) is 4.57. The number of esters is 1. The van der Waals surface area contributed by atoms with Crippen molar-refractivity contribution in [2.75, 3.05) is 13.1 Å². The van der Waals surface area contributed by atoms with Crippen LogP contribution in [0.15, 0.2) is 72.8 Å². The van der Waals surface area contributed by atoms with Crippen LogP contribution in [-0.2, 0) is 10.3 Å². The first kappa shape index (κ1) is 19.4. The average Bonchev–Trinajstić information content (AvgIpc) is 2.83. The first-order valence-electron chi connectivity index (χ1n) is 10.4. The topological polar surface area (TPSA) is 72.5 Å². The molecule has 5 rings (SSSR count). The molecule has 1 aliphatic heterocycles. The van der Waals surface area contributed by atoms with Crippen LogP contribution >= 0.6 is 0 Å². The van der Waals surface area contributed by atoms with Crippen molar-refractivity contribution in [2.24, 2.45) is 0 Å². The van der Waals surface area contributed by atoms with Crippen molar-refractivity contribution < 1.29 is 19.1 Å². The standard InChI is InChI=1S/C26H21NO4/c28-23-18-9-4-5-10-19(18)24(29)22-20(23)11-6-12-21(22)25(30)31-26(13-15-27-16-14-26)17-7-2-1-3-8-17/h1-12,27H,13-16H2. The Labute approximate surface area is 180 Å². The molecular weight excluding hydrogens is 390 g/mol. The molecule has 0 radical (unpaired) electrons. The van der Waals surface area contributed by atoms with Gasteiger partial charge in [-0.25, -0.2) is 4.79 Å². The smallest absolute Gasteiger partial charge is 0.339 e. The highest BCUT2D eigenvalue weighted by molar-refractivity contribution is 6.30. The van der Waals surface area contributed by atoms with Crippen molar-refractivity contribution in [1.29, 1.82) is 0 Å². The predicted octanol–water partition coefficient (Wildman–Crippen LogP) is 3.90. The molecule has 0 unspecified atom stereocenters. The summed E-state index contributed by atoms with van der Waals surface area (Å²) >= 11 is 0. The molecule has 154 valence electrons. The van der Waals surface area contributed by atoms with Gasteiger partial charge < -0.3 is 10.1 Å². The predicted molar refractivity (Wildman–Crippen MR) is 115 cm³/mol. The van der Waals surface area contributed by atoms with Gasteiger partial charge in [0.1, 0.15) is 5.60 Å². The van der Waals surface area contributed by atoms with Crippen LogP contribution in [0.25, 0.3) is 0 Å².